The Hall–Kier alpha value is -1.61. The number of nitrogens with two attached hydrogens (primary N) is 1. The van der Waals surface area contributed by atoms with Crippen molar-refractivity contribution >= 4 is 0 Å². The third kappa shape index (κ3) is 2.56. The first-order chi connectivity index (χ1) is 8.22. The fraction of sp³-hybridized carbons (Fsp3) is 0.357. The molecule has 0 bridgehead atoms. The van der Waals surface area contributed by atoms with E-state index in [4.69, 9.17) is 10.2 Å². The normalized spacial score (nSPS) is 12.6. The highest BCUT2D eigenvalue weighted by molar-refractivity contribution is 5.25. The summed E-state index contributed by atoms with van der Waals surface area (Å²) in [7, 11) is 0. The Labute approximate surface area is 102 Å². The molecule has 3 heteroatoms. The van der Waals surface area contributed by atoms with Crippen LogP contribution in [0.25, 0.3) is 0 Å². The summed E-state index contributed by atoms with van der Waals surface area (Å²) in [6, 6.07) is 5.92. The number of aromatic nitrogens is 1. The van der Waals surface area contributed by atoms with Crippen LogP contribution in [0.3, 0.4) is 0 Å². The molecule has 0 fully saturated rings. The monoisotopic (exact) mass is 230 g/mol. The van der Waals surface area contributed by atoms with Crippen LogP contribution in [0.15, 0.2) is 35.1 Å². The van der Waals surface area contributed by atoms with Gasteiger partial charge in [-0.05, 0) is 24.6 Å². The number of nitrogens with zero attached hydrogens (tertiary/aromatic N) is 1. The number of furan rings is 1. The van der Waals surface area contributed by atoms with Crippen LogP contribution < -0.4 is 5.73 Å². The molecule has 0 saturated heterocycles. The van der Waals surface area contributed by atoms with Gasteiger partial charge in [0.15, 0.2) is 0 Å². The zero-order chi connectivity index (χ0) is 12.3. The van der Waals surface area contributed by atoms with Gasteiger partial charge in [0.1, 0.15) is 5.76 Å². The third-order valence-electron chi connectivity index (χ3n) is 3.03. The van der Waals surface area contributed by atoms with Crippen LogP contribution in [0.4, 0.5) is 0 Å². The van der Waals surface area contributed by atoms with E-state index in [9.17, 15) is 0 Å². The van der Waals surface area contributed by atoms with E-state index in [0.717, 1.165) is 29.9 Å². The van der Waals surface area contributed by atoms with Crippen molar-refractivity contribution in [3.05, 3.63) is 53.2 Å². The van der Waals surface area contributed by atoms with Crippen molar-refractivity contribution in [2.75, 3.05) is 0 Å². The smallest absolute Gasteiger partial charge is 0.108 e. The van der Waals surface area contributed by atoms with Crippen LogP contribution in [-0.2, 0) is 12.8 Å². The van der Waals surface area contributed by atoms with Gasteiger partial charge in [0.05, 0.1) is 6.26 Å². The molecule has 2 heterocycles. The number of pyridine rings is 1. The molecule has 1 unspecified atom stereocenters. The van der Waals surface area contributed by atoms with Crippen molar-refractivity contribution in [2.24, 2.45) is 5.73 Å². The van der Waals surface area contributed by atoms with Crippen molar-refractivity contribution in [2.45, 2.75) is 32.7 Å². The molecule has 0 aliphatic rings. The number of hydrogen-bond acceptors (Lipinski definition) is 3. The molecular weight excluding hydrogens is 212 g/mol. The van der Waals surface area contributed by atoms with Crippen molar-refractivity contribution in [1.29, 1.82) is 0 Å². The van der Waals surface area contributed by atoms with Gasteiger partial charge >= 0.3 is 0 Å². The molecule has 0 saturated carbocycles. The van der Waals surface area contributed by atoms with Crippen molar-refractivity contribution in [3.63, 3.8) is 0 Å². The molecule has 0 radical (unpaired) electrons. The molecule has 0 aliphatic heterocycles. The molecule has 1 atom stereocenters. The number of aryl methyl sites for hydroxylation is 2. The fourth-order valence-corrected chi connectivity index (χ4v) is 2.02. The highest BCUT2D eigenvalue weighted by atomic mass is 16.3. The Morgan fingerprint density at radius 1 is 1.41 bits per heavy atom. The van der Waals surface area contributed by atoms with Gasteiger partial charge in [-0.2, -0.15) is 0 Å². The second-order valence-electron chi connectivity index (χ2n) is 4.23. The average Bonchev–Trinajstić information content (AvgIpc) is 2.80. The van der Waals surface area contributed by atoms with Crippen molar-refractivity contribution < 1.29 is 4.42 Å². The van der Waals surface area contributed by atoms with E-state index in [0.29, 0.717) is 0 Å². The van der Waals surface area contributed by atoms with Crippen LogP contribution in [0, 0.1) is 6.92 Å². The van der Waals surface area contributed by atoms with E-state index in [1.54, 1.807) is 6.26 Å². The van der Waals surface area contributed by atoms with E-state index in [1.165, 1.54) is 5.56 Å². The maximum Gasteiger partial charge on any atom is 0.108 e. The number of rotatable bonds is 4. The lowest BCUT2D eigenvalue weighted by Gasteiger charge is -2.12. The molecular formula is C14H18N2O. The van der Waals surface area contributed by atoms with Gasteiger partial charge in [0.2, 0.25) is 0 Å². The largest absolute Gasteiger partial charge is 0.469 e. The predicted molar refractivity (Wildman–Crippen MR) is 67.7 cm³/mol. The topological polar surface area (TPSA) is 52.0 Å². The van der Waals surface area contributed by atoms with Crippen LogP contribution in [-0.4, -0.2) is 4.98 Å². The van der Waals surface area contributed by atoms with E-state index in [1.807, 2.05) is 18.3 Å². The Balaban J connectivity index is 2.17. The molecule has 0 spiro atoms. The quantitative estimate of drug-likeness (QED) is 0.878. The summed E-state index contributed by atoms with van der Waals surface area (Å²) in [5, 5.41) is 0. The van der Waals surface area contributed by atoms with E-state index in [-0.39, 0.29) is 6.04 Å². The molecule has 2 rings (SSSR count). The van der Waals surface area contributed by atoms with E-state index in [2.05, 4.69) is 24.9 Å². The Bertz CT molecular complexity index is 490. The molecule has 3 nitrogen and oxygen atoms in total. The van der Waals surface area contributed by atoms with E-state index < -0.39 is 0 Å². The standard InChI is InChI=1S/C14H18N2O/c1-3-14-11(6-8-17-14)12(15)9-13-10(2)5-4-7-16-13/h4-8,12H,3,9,15H2,1-2H3. The molecule has 17 heavy (non-hydrogen) atoms. The summed E-state index contributed by atoms with van der Waals surface area (Å²) in [5.74, 6) is 0.978. The Morgan fingerprint density at radius 3 is 2.94 bits per heavy atom. The molecule has 0 amide bonds. The Kier molecular flexibility index (Phi) is 3.59. The molecule has 90 valence electrons. The maximum atomic E-state index is 6.22. The average molecular weight is 230 g/mol. The second kappa shape index (κ2) is 5.15. The van der Waals surface area contributed by atoms with Crippen molar-refractivity contribution in [3.8, 4) is 0 Å². The first-order valence-corrected chi connectivity index (χ1v) is 5.94. The van der Waals surface area contributed by atoms with Gasteiger partial charge in [-0.1, -0.05) is 13.0 Å². The zero-order valence-corrected chi connectivity index (χ0v) is 10.3. The zero-order valence-electron chi connectivity index (χ0n) is 10.3. The van der Waals surface area contributed by atoms with Crippen LogP contribution in [0.5, 0.6) is 0 Å². The van der Waals surface area contributed by atoms with E-state index >= 15 is 0 Å². The lowest BCUT2D eigenvalue weighted by atomic mass is 10.0. The molecule has 2 aromatic heterocycles. The molecule has 0 aliphatic carbocycles. The lowest BCUT2D eigenvalue weighted by molar-refractivity contribution is 0.505. The SMILES string of the molecule is CCc1occc1C(N)Cc1ncccc1C. The first kappa shape index (κ1) is 11.9. The van der Waals surface area contributed by atoms with Gasteiger partial charge < -0.3 is 10.2 Å². The molecule has 2 N–H and O–H groups in total. The van der Waals surface area contributed by atoms with Gasteiger partial charge in [-0.15, -0.1) is 0 Å². The minimum absolute atomic E-state index is 0.0442. The second-order valence-corrected chi connectivity index (χ2v) is 4.23. The summed E-state index contributed by atoms with van der Waals surface area (Å²) in [4.78, 5) is 4.37. The van der Waals surface area contributed by atoms with Gasteiger partial charge in [0, 0.05) is 36.3 Å². The summed E-state index contributed by atoms with van der Waals surface area (Å²) >= 11 is 0. The van der Waals surface area contributed by atoms with Crippen molar-refractivity contribution in [1.82, 2.24) is 4.98 Å². The van der Waals surface area contributed by atoms with Crippen LogP contribution >= 0.6 is 0 Å². The first-order valence-electron chi connectivity index (χ1n) is 5.94. The molecule has 2 aromatic rings. The predicted octanol–water partition coefficient (Wildman–Crippen LogP) is 2.79. The fourth-order valence-electron chi connectivity index (χ4n) is 2.02. The summed E-state index contributed by atoms with van der Waals surface area (Å²) in [5.41, 5.74) is 9.55. The maximum absolute atomic E-state index is 6.22. The van der Waals surface area contributed by atoms with Gasteiger partial charge in [-0.3, -0.25) is 4.98 Å². The minimum Gasteiger partial charge on any atom is -0.469 e. The van der Waals surface area contributed by atoms with Crippen LogP contribution in [0.1, 0.15) is 35.5 Å². The highest BCUT2D eigenvalue weighted by Crippen LogP contribution is 2.21. The molecule has 0 aromatic carbocycles. The van der Waals surface area contributed by atoms with Gasteiger partial charge in [-0.25, -0.2) is 0 Å². The third-order valence-corrected chi connectivity index (χ3v) is 3.03. The highest BCUT2D eigenvalue weighted by Gasteiger charge is 2.14. The summed E-state index contributed by atoms with van der Waals surface area (Å²) in [6.45, 7) is 4.13. The van der Waals surface area contributed by atoms with Crippen LogP contribution in [0.2, 0.25) is 0 Å². The lowest BCUT2D eigenvalue weighted by Crippen LogP contribution is -2.15. The summed E-state index contributed by atoms with van der Waals surface area (Å²) < 4.78 is 5.40. The number of hydrogen-bond donors (Lipinski definition) is 1. The minimum atomic E-state index is -0.0442. The van der Waals surface area contributed by atoms with Gasteiger partial charge in [0.25, 0.3) is 0 Å². The Morgan fingerprint density at radius 2 is 2.24 bits per heavy atom. The summed E-state index contributed by atoms with van der Waals surface area (Å²) in [6.07, 6.45) is 5.14.